The number of carboxylic acids is 1. The summed E-state index contributed by atoms with van der Waals surface area (Å²) in [7, 11) is -5.60. The Morgan fingerprint density at radius 2 is 1.76 bits per heavy atom. The van der Waals surface area contributed by atoms with Gasteiger partial charge in [0, 0.05) is 40.2 Å². The van der Waals surface area contributed by atoms with Crippen molar-refractivity contribution in [3.8, 4) is 0 Å². The van der Waals surface area contributed by atoms with Crippen molar-refractivity contribution in [1.82, 2.24) is 9.88 Å². The summed E-state index contributed by atoms with van der Waals surface area (Å²) in [5.41, 5.74) is -3.07. The van der Waals surface area contributed by atoms with Crippen molar-refractivity contribution < 1.29 is 36.6 Å². The molecule has 0 spiro atoms. The molecule has 1 aromatic heterocycles. The maximum absolute atomic E-state index is 12.8. The average Bonchev–Trinajstić information content (AvgIpc) is 3.24. The standard InChI is InChI=1S/C28H27BrF3N3O5S/c1-17(33-15-26(36)20-5-3-6-22(29)13-20)10-18-8-9-24-21(11-18)14-25(27(37)38)35(24)16-19-4-2-7-23(12-19)34-41(39,40)28(30,31)32/h2-9,11-14,17,26,33-34,36H,10,15-16H2,1H3,(H,37,38). The van der Waals surface area contributed by atoms with Crippen molar-refractivity contribution in [2.45, 2.75) is 37.5 Å². The van der Waals surface area contributed by atoms with Crippen LogP contribution in [0.1, 0.15) is 40.2 Å². The highest BCUT2D eigenvalue weighted by molar-refractivity contribution is 9.10. The smallest absolute Gasteiger partial charge is 0.477 e. The van der Waals surface area contributed by atoms with Crippen LogP contribution < -0.4 is 10.0 Å². The number of carbonyl (C=O) groups is 1. The Balaban J connectivity index is 1.50. The van der Waals surface area contributed by atoms with Crippen LogP contribution in [-0.4, -0.2) is 47.3 Å². The first-order valence-electron chi connectivity index (χ1n) is 12.4. The topological polar surface area (TPSA) is 121 Å². The molecule has 8 nitrogen and oxygen atoms in total. The molecule has 0 aliphatic rings. The van der Waals surface area contributed by atoms with Crippen LogP contribution in [0.25, 0.3) is 10.9 Å². The van der Waals surface area contributed by atoms with E-state index in [0.29, 0.717) is 29.4 Å². The molecule has 0 saturated heterocycles. The van der Waals surface area contributed by atoms with Crippen LogP contribution >= 0.6 is 15.9 Å². The highest BCUT2D eigenvalue weighted by Gasteiger charge is 2.46. The molecule has 0 fully saturated rings. The molecule has 2 atom stereocenters. The summed E-state index contributed by atoms with van der Waals surface area (Å²) < 4.78 is 65.2. The zero-order valence-electron chi connectivity index (χ0n) is 21.7. The van der Waals surface area contributed by atoms with Crippen LogP contribution in [0, 0.1) is 0 Å². The number of carboxylic acid groups (broad SMARTS) is 1. The van der Waals surface area contributed by atoms with Gasteiger partial charge in [-0.2, -0.15) is 21.6 Å². The molecule has 0 radical (unpaired) electrons. The Morgan fingerprint density at radius 1 is 1.02 bits per heavy atom. The average molecular weight is 655 g/mol. The van der Waals surface area contributed by atoms with Gasteiger partial charge in [0.2, 0.25) is 0 Å². The predicted molar refractivity (Wildman–Crippen MR) is 153 cm³/mol. The minimum absolute atomic E-state index is 0.00139. The Kier molecular flexibility index (Phi) is 9.12. The number of fused-ring (bicyclic) bond motifs is 1. The van der Waals surface area contributed by atoms with Crippen molar-refractivity contribution in [3.05, 3.63) is 99.7 Å². The number of anilines is 1. The van der Waals surface area contributed by atoms with Crippen molar-refractivity contribution in [2.24, 2.45) is 0 Å². The Labute approximate surface area is 243 Å². The van der Waals surface area contributed by atoms with E-state index in [-0.39, 0.29) is 24.0 Å². The number of aromatic nitrogens is 1. The largest absolute Gasteiger partial charge is 0.516 e. The van der Waals surface area contributed by atoms with Crippen LogP contribution in [0.2, 0.25) is 0 Å². The molecule has 0 aliphatic heterocycles. The van der Waals surface area contributed by atoms with E-state index in [0.717, 1.165) is 15.6 Å². The first kappa shape index (κ1) is 30.6. The second kappa shape index (κ2) is 12.2. The van der Waals surface area contributed by atoms with Gasteiger partial charge in [-0.05, 0) is 72.5 Å². The molecule has 3 aromatic carbocycles. The fourth-order valence-corrected chi connectivity index (χ4v) is 5.46. The highest BCUT2D eigenvalue weighted by atomic mass is 79.9. The van der Waals surface area contributed by atoms with Gasteiger partial charge in [0.1, 0.15) is 5.69 Å². The lowest BCUT2D eigenvalue weighted by Gasteiger charge is -2.18. The zero-order chi connectivity index (χ0) is 29.9. The monoisotopic (exact) mass is 653 g/mol. The number of hydrogen-bond acceptors (Lipinski definition) is 5. The van der Waals surface area contributed by atoms with Gasteiger partial charge in [-0.25, -0.2) is 4.79 Å². The van der Waals surface area contributed by atoms with E-state index in [1.807, 2.05) is 43.3 Å². The van der Waals surface area contributed by atoms with Crippen molar-refractivity contribution in [3.63, 3.8) is 0 Å². The van der Waals surface area contributed by atoms with Gasteiger partial charge < -0.3 is 20.1 Å². The summed E-state index contributed by atoms with van der Waals surface area (Å²) >= 11 is 3.40. The number of benzene rings is 3. The van der Waals surface area contributed by atoms with Gasteiger partial charge in [-0.15, -0.1) is 0 Å². The van der Waals surface area contributed by atoms with E-state index >= 15 is 0 Å². The summed E-state index contributed by atoms with van der Waals surface area (Å²) in [5.74, 6) is -1.19. The summed E-state index contributed by atoms with van der Waals surface area (Å²) in [5, 5.41) is 24.3. The summed E-state index contributed by atoms with van der Waals surface area (Å²) in [6.45, 7) is 2.31. The molecule has 2 unspecified atom stereocenters. The predicted octanol–water partition coefficient (Wildman–Crippen LogP) is 5.67. The number of aliphatic hydroxyl groups excluding tert-OH is 1. The third-order valence-corrected chi connectivity index (χ3v) is 8.05. The minimum atomic E-state index is -5.60. The van der Waals surface area contributed by atoms with Crippen molar-refractivity contribution in [1.29, 1.82) is 0 Å². The van der Waals surface area contributed by atoms with Gasteiger partial charge in [0.05, 0.1) is 6.10 Å². The minimum Gasteiger partial charge on any atom is -0.477 e. The Bertz CT molecular complexity index is 1670. The molecule has 0 saturated carbocycles. The third kappa shape index (κ3) is 7.47. The third-order valence-electron chi connectivity index (χ3n) is 6.44. The van der Waals surface area contributed by atoms with Crippen LogP contribution in [0.4, 0.5) is 18.9 Å². The fourth-order valence-electron chi connectivity index (χ4n) is 4.49. The summed E-state index contributed by atoms with van der Waals surface area (Å²) in [6, 6.07) is 19.8. The second-order valence-corrected chi connectivity index (χ2v) is 12.2. The molecule has 41 heavy (non-hydrogen) atoms. The van der Waals surface area contributed by atoms with E-state index in [2.05, 4.69) is 21.2 Å². The van der Waals surface area contributed by atoms with Gasteiger partial charge in [0.15, 0.2) is 0 Å². The molecule has 218 valence electrons. The number of rotatable bonds is 11. The number of hydrogen-bond donors (Lipinski definition) is 4. The number of aliphatic hydroxyl groups is 1. The zero-order valence-corrected chi connectivity index (χ0v) is 24.1. The van der Waals surface area contributed by atoms with Crippen LogP contribution in [0.15, 0.2) is 77.3 Å². The molecular weight excluding hydrogens is 627 g/mol. The second-order valence-electron chi connectivity index (χ2n) is 9.65. The lowest BCUT2D eigenvalue weighted by Crippen LogP contribution is -2.32. The summed E-state index contributed by atoms with van der Waals surface area (Å²) in [6.07, 6.45) is -0.0808. The van der Waals surface area contributed by atoms with Gasteiger partial charge in [0.25, 0.3) is 0 Å². The van der Waals surface area contributed by atoms with Crippen molar-refractivity contribution in [2.75, 3.05) is 11.3 Å². The quantitative estimate of drug-likeness (QED) is 0.166. The normalized spacial score (nSPS) is 13.7. The molecule has 4 N–H and O–H groups in total. The molecule has 0 aliphatic carbocycles. The first-order chi connectivity index (χ1) is 19.2. The fraction of sp³-hybridized carbons (Fsp3) is 0.250. The molecular formula is C28H27BrF3N3O5S. The number of halogens is 4. The molecule has 4 aromatic rings. The van der Waals surface area contributed by atoms with Gasteiger partial charge >= 0.3 is 21.5 Å². The molecule has 1 heterocycles. The maximum Gasteiger partial charge on any atom is 0.516 e. The SMILES string of the molecule is CC(Cc1ccc2c(c1)cc(C(=O)O)n2Cc1cccc(NS(=O)(=O)C(F)(F)F)c1)NCC(O)c1cccc(Br)c1. The molecule has 13 heteroatoms. The van der Waals surface area contributed by atoms with E-state index in [9.17, 15) is 36.6 Å². The number of nitrogens with one attached hydrogen (secondary N) is 2. The van der Waals surface area contributed by atoms with Crippen LogP contribution in [0.3, 0.4) is 0 Å². The van der Waals surface area contributed by atoms with Crippen molar-refractivity contribution >= 4 is 48.5 Å². The maximum atomic E-state index is 12.8. The first-order valence-corrected chi connectivity index (χ1v) is 14.7. The van der Waals surface area contributed by atoms with E-state index < -0.39 is 27.6 Å². The van der Waals surface area contributed by atoms with Gasteiger partial charge in [-0.1, -0.05) is 46.3 Å². The number of aromatic carboxylic acids is 1. The number of nitrogens with zero attached hydrogens (tertiary/aromatic N) is 1. The number of alkyl halides is 3. The Hall–Kier alpha value is -3.39. The van der Waals surface area contributed by atoms with E-state index in [1.165, 1.54) is 33.6 Å². The lowest BCUT2D eigenvalue weighted by atomic mass is 10.0. The van der Waals surface area contributed by atoms with E-state index in [1.54, 1.807) is 12.1 Å². The Morgan fingerprint density at radius 3 is 2.44 bits per heavy atom. The molecule has 4 rings (SSSR count). The lowest BCUT2D eigenvalue weighted by molar-refractivity contribution is -0.0429. The molecule has 0 bridgehead atoms. The van der Waals surface area contributed by atoms with E-state index in [4.69, 9.17) is 0 Å². The molecule has 0 amide bonds. The van der Waals surface area contributed by atoms with Crippen LogP contribution in [0.5, 0.6) is 0 Å². The van der Waals surface area contributed by atoms with Gasteiger partial charge in [-0.3, -0.25) is 4.72 Å². The number of sulfonamides is 1. The summed E-state index contributed by atoms with van der Waals surface area (Å²) in [4.78, 5) is 12.0. The highest BCUT2D eigenvalue weighted by Crippen LogP contribution is 2.27. The van der Waals surface area contributed by atoms with Crippen LogP contribution in [-0.2, 0) is 23.0 Å².